The van der Waals surface area contributed by atoms with Crippen LogP contribution in [-0.4, -0.2) is 87.9 Å². The fourth-order valence-corrected chi connectivity index (χ4v) is 3.79. The Labute approximate surface area is 130 Å². The number of aliphatic imine (C=N–C) groups is 2. The molecule has 3 heterocycles. The van der Waals surface area contributed by atoms with Gasteiger partial charge in [-0.15, -0.1) is 0 Å². The molecule has 14 heteroatoms. The molecule has 3 aliphatic rings. The van der Waals surface area contributed by atoms with Crippen LogP contribution >= 0.6 is 0 Å². The molecule has 9 N–H and O–H groups in total. The molecule has 0 aliphatic carbocycles. The smallest absolute Gasteiger partial charge is 0.394 e. The van der Waals surface area contributed by atoms with Gasteiger partial charge < -0.3 is 37.0 Å². The van der Waals surface area contributed by atoms with Crippen LogP contribution in [0.15, 0.2) is 9.98 Å². The van der Waals surface area contributed by atoms with Crippen molar-refractivity contribution < 1.29 is 32.5 Å². The minimum absolute atomic E-state index is 0.177. The summed E-state index contributed by atoms with van der Waals surface area (Å²) in [5.74, 6) is -3.26. The van der Waals surface area contributed by atoms with Crippen LogP contribution in [0, 0.1) is 0 Å². The highest BCUT2D eigenvalue weighted by molar-refractivity contribution is 7.80. The first-order valence-corrected chi connectivity index (χ1v) is 7.83. The van der Waals surface area contributed by atoms with E-state index in [2.05, 4.69) is 19.5 Å². The normalized spacial score (nSPS) is 38.4. The lowest BCUT2D eigenvalue weighted by Gasteiger charge is -2.48. The third kappa shape index (κ3) is 2.07. The van der Waals surface area contributed by atoms with E-state index in [-0.39, 0.29) is 11.9 Å². The highest BCUT2D eigenvalue weighted by atomic mass is 32.3. The molecule has 0 aromatic rings. The lowest BCUT2D eigenvalue weighted by atomic mass is 9.86. The molecule has 1 spiro atoms. The number of aliphatic hydroxyl groups excluding tert-OH is 1. The van der Waals surface area contributed by atoms with Crippen molar-refractivity contribution in [2.45, 2.75) is 29.6 Å². The van der Waals surface area contributed by atoms with Gasteiger partial charge in [-0.25, -0.2) is 14.2 Å². The van der Waals surface area contributed by atoms with Gasteiger partial charge in [0.15, 0.2) is 23.7 Å². The summed E-state index contributed by atoms with van der Waals surface area (Å²) in [5, 5.41) is 33.1. The van der Waals surface area contributed by atoms with E-state index in [4.69, 9.17) is 16.0 Å². The second-order valence-electron chi connectivity index (χ2n) is 5.44. The molecule has 0 radical (unpaired) electrons. The Bertz CT molecular complexity index is 693. The van der Waals surface area contributed by atoms with Crippen LogP contribution in [-0.2, 0) is 14.6 Å². The van der Waals surface area contributed by atoms with E-state index in [1.165, 1.54) is 0 Å². The lowest BCUT2D eigenvalue weighted by molar-refractivity contribution is -0.252. The average Bonchev–Trinajstić information content (AvgIpc) is 2.86. The number of nitrogens with zero attached hydrogens (tertiary/aromatic N) is 3. The van der Waals surface area contributed by atoms with Gasteiger partial charge in [0.2, 0.25) is 5.79 Å². The fraction of sp³-hybridized carbons (Fsp3) is 0.778. The Morgan fingerprint density at radius 1 is 1.39 bits per heavy atom. The molecule has 3 aliphatic heterocycles. The molecular weight excluding hydrogens is 336 g/mol. The maximum absolute atomic E-state index is 11.0. The molecule has 13 nitrogen and oxygen atoms in total. The summed E-state index contributed by atoms with van der Waals surface area (Å²) in [6.07, 6.45) is -1.81. The summed E-state index contributed by atoms with van der Waals surface area (Å²) in [5.41, 5.74) is 9.48. The molecule has 130 valence electrons. The van der Waals surface area contributed by atoms with Gasteiger partial charge in [-0.3, -0.25) is 4.55 Å². The molecule has 23 heavy (non-hydrogen) atoms. The maximum atomic E-state index is 11.0. The van der Waals surface area contributed by atoms with Crippen molar-refractivity contribution in [3.05, 3.63) is 0 Å². The second kappa shape index (κ2) is 4.65. The van der Waals surface area contributed by atoms with Crippen LogP contribution in [0.25, 0.3) is 0 Å². The van der Waals surface area contributed by atoms with Crippen molar-refractivity contribution in [2.75, 3.05) is 13.2 Å². The minimum Gasteiger partial charge on any atom is -0.394 e. The van der Waals surface area contributed by atoms with E-state index in [0.717, 1.165) is 4.90 Å². The molecule has 0 unspecified atom stereocenters. The van der Waals surface area contributed by atoms with E-state index in [1.54, 1.807) is 0 Å². The molecular formula is C9H16N6O7S. The zero-order chi connectivity index (χ0) is 17.2. The van der Waals surface area contributed by atoms with E-state index in [1.807, 2.05) is 0 Å². The van der Waals surface area contributed by atoms with E-state index in [9.17, 15) is 23.7 Å². The van der Waals surface area contributed by atoms with Gasteiger partial charge in [0.05, 0.1) is 13.2 Å². The van der Waals surface area contributed by atoms with Crippen LogP contribution in [0.2, 0.25) is 0 Å². The topological polar surface area (TPSA) is 216 Å². The van der Waals surface area contributed by atoms with Crippen molar-refractivity contribution >= 4 is 22.3 Å². The molecule has 1 saturated heterocycles. The third-order valence-corrected chi connectivity index (χ3v) is 4.65. The Hall–Kier alpha value is -1.71. The van der Waals surface area contributed by atoms with Crippen molar-refractivity contribution in [1.82, 2.24) is 10.2 Å². The number of hydrogen-bond donors (Lipinski definition) is 7. The van der Waals surface area contributed by atoms with Crippen LogP contribution in [0.3, 0.4) is 0 Å². The highest BCUT2D eigenvalue weighted by Gasteiger charge is 2.74. The van der Waals surface area contributed by atoms with Gasteiger partial charge in [-0.2, -0.15) is 8.42 Å². The molecule has 3 rings (SSSR count). The SMILES string of the molecule is NC1=N[C@H]2[C@H](CO)N=C(N)N3C[C@@H](OS(=O)(=O)O)C(O)(O)[C@]23N1. The van der Waals surface area contributed by atoms with Gasteiger partial charge in [-0.1, -0.05) is 0 Å². The number of guanidine groups is 2. The zero-order valence-corrected chi connectivity index (χ0v) is 12.4. The van der Waals surface area contributed by atoms with Crippen molar-refractivity contribution in [3.63, 3.8) is 0 Å². The molecule has 0 aromatic heterocycles. The monoisotopic (exact) mass is 352 g/mol. The summed E-state index contributed by atoms with van der Waals surface area (Å²) < 4.78 is 35.1. The van der Waals surface area contributed by atoms with Gasteiger partial charge in [0, 0.05) is 0 Å². The predicted octanol–water partition coefficient (Wildman–Crippen LogP) is -5.16. The Morgan fingerprint density at radius 3 is 2.61 bits per heavy atom. The minimum atomic E-state index is -4.98. The predicted molar refractivity (Wildman–Crippen MR) is 74.1 cm³/mol. The Balaban J connectivity index is 2.11. The van der Waals surface area contributed by atoms with E-state index >= 15 is 0 Å². The number of nitrogens with one attached hydrogen (secondary N) is 1. The van der Waals surface area contributed by atoms with Gasteiger partial charge in [0.25, 0.3) is 0 Å². The molecule has 0 aromatic carbocycles. The van der Waals surface area contributed by atoms with Crippen molar-refractivity contribution in [3.8, 4) is 0 Å². The summed E-state index contributed by atoms with van der Waals surface area (Å²) in [4.78, 5) is 9.11. The first-order valence-electron chi connectivity index (χ1n) is 6.46. The zero-order valence-electron chi connectivity index (χ0n) is 11.6. The van der Waals surface area contributed by atoms with Gasteiger partial charge >= 0.3 is 10.4 Å². The van der Waals surface area contributed by atoms with E-state index in [0.29, 0.717) is 0 Å². The highest BCUT2D eigenvalue weighted by Crippen LogP contribution is 2.45. The standard InChI is InChI=1S/C9H16N6O7S/c10-6-13-5-3(2-16)12-7(11)15-1-4(22-23(19,20)21)9(17,18)8(5,15)14-6/h3-5,16-18H,1-2H2,(H2,11,12)(H3,10,13,14)(H,19,20,21)/t3-,4+,5-,8-/m0/s1. The molecule has 0 saturated carbocycles. The van der Waals surface area contributed by atoms with Crippen LogP contribution < -0.4 is 16.8 Å². The van der Waals surface area contributed by atoms with Crippen molar-refractivity contribution in [1.29, 1.82) is 0 Å². The molecule has 4 atom stereocenters. The molecule has 0 amide bonds. The lowest BCUT2D eigenvalue weighted by Crippen LogP contribution is -2.77. The van der Waals surface area contributed by atoms with Gasteiger partial charge in [0.1, 0.15) is 12.1 Å². The second-order valence-corrected chi connectivity index (χ2v) is 6.49. The summed E-state index contributed by atoms with van der Waals surface area (Å²) >= 11 is 0. The number of aliphatic hydroxyl groups is 3. The quantitative estimate of drug-likeness (QED) is 0.188. The molecule has 1 fully saturated rings. The maximum Gasteiger partial charge on any atom is 0.397 e. The number of rotatable bonds is 3. The first kappa shape index (κ1) is 16.2. The number of hydrogen-bond acceptors (Lipinski definition) is 12. The van der Waals surface area contributed by atoms with Crippen molar-refractivity contribution in [2.24, 2.45) is 21.5 Å². The summed E-state index contributed by atoms with van der Waals surface area (Å²) in [7, 11) is -4.98. The van der Waals surface area contributed by atoms with E-state index < -0.39 is 53.2 Å². The fourth-order valence-electron chi connectivity index (χ4n) is 3.30. The van der Waals surface area contributed by atoms with Crippen LogP contribution in [0.5, 0.6) is 0 Å². The third-order valence-electron chi connectivity index (χ3n) is 4.17. The number of nitrogens with two attached hydrogens (primary N) is 2. The Morgan fingerprint density at radius 2 is 2.04 bits per heavy atom. The summed E-state index contributed by atoms with van der Waals surface area (Å²) in [6, 6.07) is -2.02. The average molecular weight is 352 g/mol. The largest absolute Gasteiger partial charge is 0.397 e. The summed E-state index contributed by atoms with van der Waals surface area (Å²) in [6.45, 7) is -0.952. The van der Waals surface area contributed by atoms with Gasteiger partial charge in [-0.05, 0) is 0 Å². The Kier molecular flexibility index (Phi) is 3.27. The van der Waals surface area contributed by atoms with Crippen LogP contribution in [0.1, 0.15) is 0 Å². The molecule has 0 bridgehead atoms. The van der Waals surface area contributed by atoms with Crippen LogP contribution in [0.4, 0.5) is 0 Å². The first-order chi connectivity index (χ1) is 10.5.